The first-order valence-corrected chi connectivity index (χ1v) is 12.7. The Bertz CT molecular complexity index is 1120. The number of likely N-dealkylation sites (tertiary alicyclic amines) is 1. The van der Waals surface area contributed by atoms with Crippen LogP contribution in [0.3, 0.4) is 0 Å². The molecule has 2 saturated heterocycles. The van der Waals surface area contributed by atoms with Crippen molar-refractivity contribution in [3.05, 3.63) is 58.6 Å². The smallest absolute Gasteiger partial charge is 0.257 e. The summed E-state index contributed by atoms with van der Waals surface area (Å²) in [5.74, 6) is -0.690. The molecule has 2 heterocycles. The molecule has 170 valence electrons. The molecule has 2 aromatic carbocycles. The first kappa shape index (κ1) is 22.8. The molecule has 2 fully saturated rings. The van der Waals surface area contributed by atoms with Crippen LogP contribution in [-0.4, -0.2) is 55.6 Å². The van der Waals surface area contributed by atoms with Crippen molar-refractivity contribution in [1.82, 2.24) is 9.21 Å². The van der Waals surface area contributed by atoms with E-state index in [-0.39, 0.29) is 21.4 Å². The zero-order valence-corrected chi connectivity index (χ0v) is 19.3. The van der Waals surface area contributed by atoms with Crippen LogP contribution in [0, 0.1) is 0 Å². The highest BCUT2D eigenvalue weighted by molar-refractivity contribution is 7.89. The second-order valence-corrected chi connectivity index (χ2v) is 10.5. The van der Waals surface area contributed by atoms with Crippen molar-refractivity contribution in [2.24, 2.45) is 0 Å². The van der Waals surface area contributed by atoms with Gasteiger partial charge in [0.15, 0.2) is 0 Å². The number of nitrogens with zero attached hydrogens (tertiary/aromatic N) is 2. The molecule has 32 heavy (non-hydrogen) atoms. The maximum atomic E-state index is 13.1. The molecule has 0 spiro atoms. The summed E-state index contributed by atoms with van der Waals surface area (Å²) < 4.78 is 27.2. The van der Waals surface area contributed by atoms with Gasteiger partial charge in [-0.05, 0) is 62.4 Å². The predicted octanol–water partition coefficient (Wildman–Crippen LogP) is 4.00. The summed E-state index contributed by atoms with van der Waals surface area (Å²) in [5, 5.41) is 2.90. The van der Waals surface area contributed by atoms with Gasteiger partial charge in [-0.25, -0.2) is 8.42 Å². The fourth-order valence-corrected chi connectivity index (χ4v) is 5.90. The molecular weight excluding hydrogens is 450 g/mol. The van der Waals surface area contributed by atoms with Crippen molar-refractivity contribution < 1.29 is 18.0 Å². The molecule has 0 aliphatic carbocycles. The minimum atomic E-state index is -3.69. The van der Waals surface area contributed by atoms with E-state index in [1.807, 2.05) is 0 Å². The predicted molar refractivity (Wildman–Crippen MR) is 124 cm³/mol. The van der Waals surface area contributed by atoms with Crippen LogP contribution in [0.2, 0.25) is 5.02 Å². The van der Waals surface area contributed by atoms with Gasteiger partial charge in [-0.15, -0.1) is 0 Å². The van der Waals surface area contributed by atoms with Crippen LogP contribution in [0.25, 0.3) is 0 Å². The van der Waals surface area contributed by atoms with Gasteiger partial charge < -0.3 is 10.2 Å². The number of para-hydroxylation sites is 1. The van der Waals surface area contributed by atoms with Gasteiger partial charge in [0.1, 0.15) is 0 Å². The fraction of sp³-hybridized carbons (Fsp3) is 0.391. The van der Waals surface area contributed by atoms with Gasteiger partial charge in [0.2, 0.25) is 10.0 Å². The van der Waals surface area contributed by atoms with Crippen LogP contribution in [0.1, 0.15) is 52.8 Å². The van der Waals surface area contributed by atoms with E-state index in [9.17, 15) is 18.0 Å². The Morgan fingerprint density at radius 2 is 1.50 bits per heavy atom. The number of carbonyl (C=O) groups is 2. The number of piperidine rings is 1. The number of benzene rings is 2. The fourth-order valence-electron chi connectivity index (χ4n) is 4.15. The van der Waals surface area contributed by atoms with Crippen LogP contribution in [0.4, 0.5) is 5.69 Å². The Hall–Kier alpha value is -2.42. The summed E-state index contributed by atoms with van der Waals surface area (Å²) in [7, 11) is -3.69. The minimum absolute atomic E-state index is 0.0339. The van der Waals surface area contributed by atoms with E-state index in [0.717, 1.165) is 32.1 Å². The highest BCUT2D eigenvalue weighted by Gasteiger charge is 2.29. The largest absolute Gasteiger partial charge is 0.339 e. The van der Waals surface area contributed by atoms with Crippen LogP contribution < -0.4 is 5.32 Å². The number of anilines is 1. The lowest BCUT2D eigenvalue weighted by Crippen LogP contribution is -2.36. The molecule has 0 bridgehead atoms. The lowest BCUT2D eigenvalue weighted by Gasteiger charge is -2.27. The van der Waals surface area contributed by atoms with E-state index >= 15 is 0 Å². The second-order valence-electron chi connectivity index (χ2n) is 8.11. The average Bonchev–Trinajstić information content (AvgIpc) is 3.36. The summed E-state index contributed by atoms with van der Waals surface area (Å²) in [6, 6.07) is 11.0. The SMILES string of the molecule is O=C(Nc1ccccc1C(=O)N1CCCCC1)c1cc(S(=O)(=O)N2CCCC2)ccc1Cl. The molecule has 2 aliphatic heterocycles. The first-order valence-electron chi connectivity index (χ1n) is 10.9. The zero-order valence-electron chi connectivity index (χ0n) is 17.7. The molecule has 2 amide bonds. The third kappa shape index (κ3) is 4.67. The molecule has 2 aromatic rings. The van der Waals surface area contributed by atoms with Crippen molar-refractivity contribution in [3.63, 3.8) is 0 Å². The summed E-state index contributed by atoms with van der Waals surface area (Å²) >= 11 is 6.25. The van der Waals surface area contributed by atoms with E-state index in [1.54, 1.807) is 29.2 Å². The maximum absolute atomic E-state index is 13.1. The van der Waals surface area contributed by atoms with E-state index in [2.05, 4.69) is 5.32 Å². The third-order valence-corrected chi connectivity index (χ3v) is 8.16. The molecule has 1 N–H and O–H groups in total. The Kier molecular flexibility index (Phi) is 6.83. The zero-order chi connectivity index (χ0) is 22.7. The topological polar surface area (TPSA) is 86.8 Å². The molecule has 0 unspecified atom stereocenters. The van der Waals surface area contributed by atoms with E-state index in [1.165, 1.54) is 22.5 Å². The van der Waals surface area contributed by atoms with Crippen molar-refractivity contribution >= 4 is 39.1 Å². The maximum Gasteiger partial charge on any atom is 0.257 e. The summed E-state index contributed by atoms with van der Waals surface area (Å²) in [6.07, 6.45) is 4.68. The number of carbonyl (C=O) groups excluding carboxylic acids is 2. The van der Waals surface area contributed by atoms with Gasteiger partial charge in [0, 0.05) is 26.2 Å². The van der Waals surface area contributed by atoms with E-state index in [4.69, 9.17) is 11.6 Å². The number of halogens is 1. The average molecular weight is 476 g/mol. The van der Waals surface area contributed by atoms with Crippen LogP contribution in [-0.2, 0) is 10.0 Å². The van der Waals surface area contributed by atoms with Crippen molar-refractivity contribution in [3.8, 4) is 0 Å². The van der Waals surface area contributed by atoms with Gasteiger partial charge in [-0.3, -0.25) is 9.59 Å². The number of sulfonamides is 1. The number of hydrogen-bond acceptors (Lipinski definition) is 4. The highest BCUT2D eigenvalue weighted by Crippen LogP contribution is 2.27. The molecule has 0 saturated carbocycles. The summed E-state index contributed by atoms with van der Waals surface area (Å²) in [5.41, 5.74) is 0.823. The minimum Gasteiger partial charge on any atom is -0.339 e. The Morgan fingerprint density at radius 1 is 0.844 bits per heavy atom. The molecule has 7 nitrogen and oxygen atoms in total. The molecular formula is C23H26ClN3O4S. The normalized spacial score (nSPS) is 17.3. The highest BCUT2D eigenvalue weighted by atomic mass is 35.5. The monoisotopic (exact) mass is 475 g/mol. The van der Waals surface area contributed by atoms with Gasteiger partial charge in [0.25, 0.3) is 11.8 Å². The number of hydrogen-bond donors (Lipinski definition) is 1. The lowest BCUT2D eigenvalue weighted by atomic mass is 10.1. The number of nitrogens with one attached hydrogen (secondary N) is 1. The number of amides is 2. The van der Waals surface area contributed by atoms with Crippen LogP contribution in [0.5, 0.6) is 0 Å². The van der Waals surface area contributed by atoms with Crippen molar-refractivity contribution in [2.45, 2.75) is 37.0 Å². The van der Waals surface area contributed by atoms with E-state index in [0.29, 0.717) is 37.4 Å². The van der Waals surface area contributed by atoms with Gasteiger partial charge in [0.05, 0.1) is 26.7 Å². The van der Waals surface area contributed by atoms with Gasteiger partial charge >= 0.3 is 0 Å². The lowest BCUT2D eigenvalue weighted by molar-refractivity contribution is 0.0725. The Morgan fingerprint density at radius 3 is 2.22 bits per heavy atom. The molecule has 0 atom stereocenters. The van der Waals surface area contributed by atoms with Crippen LogP contribution in [0.15, 0.2) is 47.4 Å². The number of rotatable bonds is 5. The van der Waals surface area contributed by atoms with E-state index < -0.39 is 15.9 Å². The Labute approximate surface area is 193 Å². The van der Waals surface area contributed by atoms with Crippen LogP contribution >= 0.6 is 11.6 Å². The summed E-state index contributed by atoms with van der Waals surface area (Å²) in [6.45, 7) is 2.34. The van der Waals surface area contributed by atoms with Gasteiger partial charge in [-0.1, -0.05) is 23.7 Å². The molecule has 0 aromatic heterocycles. The standard InChI is InChI=1S/C23H26ClN3O4S/c24-20-11-10-17(32(30,31)27-14-6-7-15-27)16-19(20)22(28)25-21-9-3-2-8-18(21)23(29)26-12-4-1-5-13-26/h2-3,8-11,16H,1,4-7,12-15H2,(H,25,28). The van der Waals surface area contributed by atoms with Gasteiger partial charge in [-0.2, -0.15) is 4.31 Å². The van der Waals surface area contributed by atoms with Crippen molar-refractivity contribution in [1.29, 1.82) is 0 Å². The quantitative estimate of drug-likeness (QED) is 0.708. The second kappa shape index (κ2) is 9.60. The third-order valence-electron chi connectivity index (χ3n) is 5.93. The van der Waals surface area contributed by atoms with Crippen molar-refractivity contribution in [2.75, 3.05) is 31.5 Å². The molecule has 0 radical (unpaired) electrons. The Balaban J connectivity index is 1.59. The molecule has 4 rings (SSSR count). The first-order chi connectivity index (χ1) is 15.4. The molecule has 9 heteroatoms. The molecule has 2 aliphatic rings. The summed E-state index contributed by atoms with van der Waals surface area (Å²) in [4.78, 5) is 27.9.